The highest BCUT2D eigenvalue weighted by atomic mass is 32.2. The summed E-state index contributed by atoms with van der Waals surface area (Å²) in [6, 6.07) is 5.73. The molecule has 0 fully saturated rings. The topological polar surface area (TPSA) is 71.4 Å². The lowest BCUT2D eigenvalue weighted by Crippen LogP contribution is -2.11. The molecule has 0 aliphatic rings. The van der Waals surface area contributed by atoms with Crippen molar-refractivity contribution in [1.82, 2.24) is 0 Å². The molecule has 0 heterocycles. The van der Waals surface area contributed by atoms with Crippen LogP contribution in [0.5, 0.6) is 0 Å². The number of carbonyl (C=O) groups is 1. The summed E-state index contributed by atoms with van der Waals surface area (Å²) in [6.07, 6.45) is 0.546. The van der Waals surface area contributed by atoms with Crippen LogP contribution in [0.25, 0.3) is 0 Å². The number of carboxylic acids is 1. The summed E-state index contributed by atoms with van der Waals surface area (Å²) in [5, 5.41) is 8.42. The maximum absolute atomic E-state index is 13.3. The quantitative estimate of drug-likeness (QED) is 0.772. The van der Waals surface area contributed by atoms with Crippen LogP contribution in [-0.4, -0.2) is 25.2 Å². The van der Waals surface area contributed by atoms with E-state index in [-0.39, 0.29) is 29.9 Å². The lowest BCUT2D eigenvalue weighted by atomic mass is 10.2. The number of benzene rings is 1. The van der Waals surface area contributed by atoms with Crippen LogP contribution < -0.4 is 0 Å². The molecule has 0 aliphatic heterocycles. The SMILES string of the molecule is O=C(O)CCCCS(=O)(=O)Cc1ccccc1F. The first kappa shape index (κ1) is 14.6. The molecule has 0 unspecified atom stereocenters. The molecule has 4 nitrogen and oxygen atoms in total. The van der Waals surface area contributed by atoms with Crippen molar-refractivity contribution in [3.8, 4) is 0 Å². The zero-order valence-electron chi connectivity index (χ0n) is 9.80. The Morgan fingerprint density at radius 3 is 2.50 bits per heavy atom. The van der Waals surface area contributed by atoms with Gasteiger partial charge in [-0.3, -0.25) is 4.79 Å². The predicted molar refractivity (Wildman–Crippen MR) is 65.4 cm³/mol. The third-order valence-corrected chi connectivity index (χ3v) is 4.09. The summed E-state index contributed by atoms with van der Waals surface area (Å²) in [7, 11) is -3.39. The lowest BCUT2D eigenvalue weighted by molar-refractivity contribution is -0.137. The van der Waals surface area contributed by atoms with Crippen molar-refractivity contribution >= 4 is 15.8 Å². The van der Waals surface area contributed by atoms with E-state index in [9.17, 15) is 17.6 Å². The average molecular weight is 274 g/mol. The van der Waals surface area contributed by atoms with Crippen LogP contribution in [0.4, 0.5) is 4.39 Å². The molecule has 1 aromatic rings. The first-order valence-electron chi connectivity index (χ1n) is 5.56. The molecule has 0 aromatic heterocycles. The van der Waals surface area contributed by atoms with Gasteiger partial charge in [-0.2, -0.15) is 0 Å². The molecule has 1 rings (SSSR count). The van der Waals surface area contributed by atoms with E-state index in [0.717, 1.165) is 0 Å². The molecule has 1 N–H and O–H groups in total. The van der Waals surface area contributed by atoms with Gasteiger partial charge in [0.05, 0.1) is 11.5 Å². The Balaban J connectivity index is 2.50. The van der Waals surface area contributed by atoms with Crippen molar-refractivity contribution in [3.63, 3.8) is 0 Å². The van der Waals surface area contributed by atoms with Crippen molar-refractivity contribution in [2.75, 3.05) is 5.75 Å². The fraction of sp³-hybridized carbons (Fsp3) is 0.417. The first-order valence-corrected chi connectivity index (χ1v) is 7.38. The number of hydrogen-bond acceptors (Lipinski definition) is 3. The third-order valence-electron chi connectivity index (χ3n) is 2.43. The molecular formula is C12H15FO4S. The molecule has 0 saturated heterocycles. The molecular weight excluding hydrogens is 259 g/mol. The predicted octanol–water partition coefficient (Wildman–Crippen LogP) is 2.00. The fourth-order valence-corrected chi connectivity index (χ4v) is 3.02. The number of hydrogen-bond donors (Lipinski definition) is 1. The highest BCUT2D eigenvalue weighted by Gasteiger charge is 2.14. The molecule has 0 amide bonds. The van der Waals surface area contributed by atoms with Crippen LogP contribution in [0.15, 0.2) is 24.3 Å². The van der Waals surface area contributed by atoms with Crippen molar-refractivity contribution < 1.29 is 22.7 Å². The van der Waals surface area contributed by atoms with E-state index >= 15 is 0 Å². The van der Waals surface area contributed by atoms with Gasteiger partial charge in [0.2, 0.25) is 0 Å². The van der Waals surface area contributed by atoms with Crippen LogP contribution in [0.3, 0.4) is 0 Å². The van der Waals surface area contributed by atoms with E-state index < -0.39 is 21.6 Å². The normalized spacial score (nSPS) is 11.4. The van der Waals surface area contributed by atoms with Crippen molar-refractivity contribution in [1.29, 1.82) is 0 Å². The number of unbranched alkanes of at least 4 members (excludes halogenated alkanes) is 1. The summed E-state index contributed by atoms with van der Waals surface area (Å²) >= 11 is 0. The zero-order chi connectivity index (χ0) is 13.6. The van der Waals surface area contributed by atoms with E-state index in [4.69, 9.17) is 5.11 Å². The second kappa shape index (κ2) is 6.49. The molecule has 0 atom stereocenters. The smallest absolute Gasteiger partial charge is 0.303 e. The van der Waals surface area contributed by atoms with Crippen molar-refractivity contribution in [2.45, 2.75) is 25.0 Å². The number of halogens is 1. The molecule has 0 bridgehead atoms. The summed E-state index contributed by atoms with van der Waals surface area (Å²) in [5.41, 5.74) is 0.149. The summed E-state index contributed by atoms with van der Waals surface area (Å²) < 4.78 is 36.6. The highest BCUT2D eigenvalue weighted by Crippen LogP contribution is 2.12. The van der Waals surface area contributed by atoms with Gasteiger partial charge in [0.25, 0.3) is 0 Å². The Labute approximate surface area is 105 Å². The number of aliphatic carboxylic acids is 1. The highest BCUT2D eigenvalue weighted by molar-refractivity contribution is 7.90. The van der Waals surface area contributed by atoms with Crippen LogP contribution >= 0.6 is 0 Å². The van der Waals surface area contributed by atoms with Gasteiger partial charge >= 0.3 is 5.97 Å². The Bertz CT molecular complexity index is 511. The molecule has 1 aromatic carbocycles. The zero-order valence-corrected chi connectivity index (χ0v) is 10.6. The minimum atomic E-state index is -3.39. The summed E-state index contributed by atoms with van der Waals surface area (Å²) in [6.45, 7) is 0. The largest absolute Gasteiger partial charge is 0.481 e. The van der Waals surface area contributed by atoms with Crippen LogP contribution in [0.2, 0.25) is 0 Å². The maximum atomic E-state index is 13.3. The van der Waals surface area contributed by atoms with E-state index in [1.807, 2.05) is 0 Å². The standard InChI is InChI=1S/C12H15FO4S/c13-11-6-2-1-5-10(11)9-18(16,17)8-4-3-7-12(14)15/h1-2,5-6H,3-4,7-9H2,(H,14,15). The Hall–Kier alpha value is -1.43. The summed E-state index contributed by atoms with van der Waals surface area (Å²) in [4.78, 5) is 10.3. The molecule has 0 radical (unpaired) electrons. The van der Waals surface area contributed by atoms with Gasteiger partial charge in [-0.05, 0) is 18.9 Å². The fourth-order valence-electron chi connectivity index (χ4n) is 1.52. The van der Waals surface area contributed by atoms with Gasteiger partial charge < -0.3 is 5.11 Å². The minimum Gasteiger partial charge on any atom is -0.481 e. The van der Waals surface area contributed by atoms with Crippen molar-refractivity contribution in [2.24, 2.45) is 0 Å². The minimum absolute atomic E-state index is 0.0464. The van der Waals surface area contributed by atoms with E-state index in [1.165, 1.54) is 18.2 Å². The number of sulfone groups is 1. The van der Waals surface area contributed by atoms with E-state index in [0.29, 0.717) is 6.42 Å². The Morgan fingerprint density at radius 1 is 1.22 bits per heavy atom. The van der Waals surface area contributed by atoms with E-state index in [1.54, 1.807) is 6.07 Å². The molecule has 100 valence electrons. The molecule has 0 saturated carbocycles. The average Bonchev–Trinajstić information content (AvgIpc) is 2.27. The van der Waals surface area contributed by atoms with Crippen LogP contribution in [-0.2, 0) is 20.4 Å². The Morgan fingerprint density at radius 2 is 1.89 bits per heavy atom. The number of rotatable bonds is 7. The van der Waals surface area contributed by atoms with Crippen molar-refractivity contribution in [3.05, 3.63) is 35.6 Å². The maximum Gasteiger partial charge on any atom is 0.303 e. The third kappa shape index (κ3) is 5.27. The molecule has 0 spiro atoms. The van der Waals surface area contributed by atoms with Gasteiger partial charge in [-0.1, -0.05) is 18.2 Å². The van der Waals surface area contributed by atoms with Gasteiger partial charge in [0.15, 0.2) is 9.84 Å². The monoisotopic (exact) mass is 274 g/mol. The van der Waals surface area contributed by atoms with Gasteiger partial charge in [0, 0.05) is 12.0 Å². The first-order chi connectivity index (χ1) is 8.41. The van der Waals surface area contributed by atoms with Crippen LogP contribution in [0, 0.1) is 5.82 Å². The lowest BCUT2D eigenvalue weighted by Gasteiger charge is -2.05. The van der Waals surface area contributed by atoms with Gasteiger partial charge in [-0.15, -0.1) is 0 Å². The van der Waals surface area contributed by atoms with Gasteiger partial charge in [0.1, 0.15) is 5.82 Å². The van der Waals surface area contributed by atoms with E-state index in [2.05, 4.69) is 0 Å². The van der Waals surface area contributed by atoms with Gasteiger partial charge in [-0.25, -0.2) is 12.8 Å². The second-order valence-corrected chi connectivity index (χ2v) is 6.22. The second-order valence-electron chi connectivity index (χ2n) is 4.03. The summed E-state index contributed by atoms with van der Waals surface area (Å²) in [5.74, 6) is -1.94. The Kier molecular flexibility index (Phi) is 5.27. The molecule has 18 heavy (non-hydrogen) atoms. The van der Waals surface area contributed by atoms with Crippen LogP contribution in [0.1, 0.15) is 24.8 Å². The molecule has 0 aliphatic carbocycles. The molecule has 6 heteroatoms. The number of carboxylic acid groups (broad SMARTS) is 1.